The summed E-state index contributed by atoms with van der Waals surface area (Å²) >= 11 is 0. The highest BCUT2D eigenvalue weighted by Gasteiger charge is 2.04. The fraction of sp³-hybridized carbons (Fsp3) is 0.500. The maximum atomic E-state index is 11.5. The molecule has 4 nitrogen and oxygen atoms in total. The summed E-state index contributed by atoms with van der Waals surface area (Å²) in [5.41, 5.74) is 1.24. The molecule has 0 saturated carbocycles. The van der Waals surface area contributed by atoms with E-state index >= 15 is 0 Å². The van der Waals surface area contributed by atoms with E-state index in [1.165, 1.54) is 5.56 Å². The highest BCUT2D eigenvalue weighted by molar-refractivity contribution is 5.77. The predicted molar refractivity (Wildman–Crippen MR) is 72.9 cm³/mol. The molecule has 1 aromatic carbocycles. The van der Waals surface area contributed by atoms with Crippen LogP contribution in [0.2, 0.25) is 0 Å². The number of carbonyl (C=O) groups is 1. The van der Waals surface area contributed by atoms with Gasteiger partial charge in [-0.05, 0) is 37.6 Å². The summed E-state index contributed by atoms with van der Waals surface area (Å²) in [7, 11) is 3.47. The van der Waals surface area contributed by atoms with Crippen LogP contribution in [0.3, 0.4) is 0 Å². The molecule has 0 aliphatic carbocycles. The molecule has 1 N–H and O–H groups in total. The van der Waals surface area contributed by atoms with Gasteiger partial charge in [0.05, 0.1) is 13.7 Å². The molecule has 0 unspecified atom stereocenters. The Kier molecular flexibility index (Phi) is 6.22. The first kappa shape index (κ1) is 14.5. The van der Waals surface area contributed by atoms with Gasteiger partial charge in [0.15, 0.2) is 0 Å². The van der Waals surface area contributed by atoms with Crippen molar-refractivity contribution in [1.82, 2.24) is 10.2 Å². The van der Waals surface area contributed by atoms with Crippen molar-refractivity contribution in [2.75, 3.05) is 33.8 Å². The Labute approximate surface area is 109 Å². The van der Waals surface area contributed by atoms with Crippen LogP contribution in [0.15, 0.2) is 24.3 Å². The van der Waals surface area contributed by atoms with E-state index in [1.807, 2.05) is 38.2 Å². The molecule has 0 radical (unpaired) electrons. The zero-order valence-electron chi connectivity index (χ0n) is 11.4. The molecule has 4 heteroatoms. The van der Waals surface area contributed by atoms with Gasteiger partial charge in [-0.15, -0.1) is 0 Å². The van der Waals surface area contributed by atoms with E-state index in [-0.39, 0.29) is 5.91 Å². The van der Waals surface area contributed by atoms with Crippen LogP contribution in [0.5, 0.6) is 5.75 Å². The molecule has 0 bridgehead atoms. The van der Waals surface area contributed by atoms with Gasteiger partial charge in [0.25, 0.3) is 0 Å². The third kappa shape index (κ3) is 4.75. The van der Waals surface area contributed by atoms with Crippen molar-refractivity contribution in [1.29, 1.82) is 0 Å². The van der Waals surface area contributed by atoms with Crippen LogP contribution in [-0.4, -0.2) is 44.6 Å². The van der Waals surface area contributed by atoms with Crippen molar-refractivity contribution < 1.29 is 9.53 Å². The number of likely N-dealkylation sites (N-methyl/N-ethyl adjacent to an activating group) is 1. The van der Waals surface area contributed by atoms with Gasteiger partial charge in [0.1, 0.15) is 5.75 Å². The van der Waals surface area contributed by atoms with E-state index in [9.17, 15) is 4.79 Å². The van der Waals surface area contributed by atoms with E-state index in [2.05, 4.69) is 5.32 Å². The van der Waals surface area contributed by atoms with Crippen molar-refractivity contribution >= 4 is 5.91 Å². The fourth-order valence-electron chi connectivity index (χ4n) is 1.53. The van der Waals surface area contributed by atoms with Crippen molar-refractivity contribution in [3.8, 4) is 5.75 Å². The molecule has 0 aromatic heterocycles. The average molecular weight is 250 g/mol. The number of nitrogens with zero attached hydrogens (tertiary/aromatic N) is 1. The van der Waals surface area contributed by atoms with Gasteiger partial charge in [-0.1, -0.05) is 12.1 Å². The molecule has 0 fully saturated rings. The monoisotopic (exact) mass is 250 g/mol. The molecule has 1 aromatic rings. The first-order valence-electron chi connectivity index (χ1n) is 6.25. The SMILES string of the molecule is CCN(C)C(=O)CNCCc1ccc(OC)cc1. The highest BCUT2D eigenvalue weighted by atomic mass is 16.5. The number of amides is 1. The van der Waals surface area contributed by atoms with Crippen LogP contribution < -0.4 is 10.1 Å². The number of methoxy groups -OCH3 is 1. The Morgan fingerprint density at radius 1 is 1.33 bits per heavy atom. The summed E-state index contributed by atoms with van der Waals surface area (Å²) in [6.07, 6.45) is 0.910. The Balaban J connectivity index is 2.23. The van der Waals surface area contributed by atoms with Crippen molar-refractivity contribution in [3.05, 3.63) is 29.8 Å². The first-order valence-corrected chi connectivity index (χ1v) is 6.25. The number of benzene rings is 1. The molecule has 1 amide bonds. The molecule has 1 rings (SSSR count). The minimum atomic E-state index is 0.132. The van der Waals surface area contributed by atoms with Gasteiger partial charge in [-0.2, -0.15) is 0 Å². The van der Waals surface area contributed by atoms with Gasteiger partial charge < -0.3 is 15.0 Å². The maximum absolute atomic E-state index is 11.5. The number of nitrogens with one attached hydrogen (secondary N) is 1. The van der Waals surface area contributed by atoms with Crippen molar-refractivity contribution in [2.24, 2.45) is 0 Å². The Morgan fingerprint density at radius 3 is 2.56 bits per heavy atom. The normalized spacial score (nSPS) is 10.2. The number of carbonyl (C=O) groups excluding carboxylic acids is 1. The van der Waals surface area contributed by atoms with E-state index in [4.69, 9.17) is 4.74 Å². The summed E-state index contributed by atoms with van der Waals surface area (Å²) in [5.74, 6) is 0.999. The lowest BCUT2D eigenvalue weighted by molar-refractivity contribution is -0.128. The quantitative estimate of drug-likeness (QED) is 0.742. The van der Waals surface area contributed by atoms with Crippen molar-refractivity contribution in [2.45, 2.75) is 13.3 Å². The van der Waals surface area contributed by atoms with Gasteiger partial charge in [-0.25, -0.2) is 0 Å². The third-order valence-corrected chi connectivity index (χ3v) is 2.93. The molecule has 0 aliphatic heterocycles. The summed E-state index contributed by atoms with van der Waals surface area (Å²) in [6, 6.07) is 7.98. The number of hydrogen-bond donors (Lipinski definition) is 1. The second kappa shape index (κ2) is 7.71. The van der Waals surface area contributed by atoms with Crippen molar-refractivity contribution in [3.63, 3.8) is 0 Å². The topological polar surface area (TPSA) is 41.6 Å². The van der Waals surface area contributed by atoms with Gasteiger partial charge in [-0.3, -0.25) is 4.79 Å². The van der Waals surface area contributed by atoms with Crippen LogP contribution >= 0.6 is 0 Å². The zero-order valence-corrected chi connectivity index (χ0v) is 11.4. The average Bonchev–Trinajstić information content (AvgIpc) is 2.43. The van der Waals surface area contributed by atoms with Gasteiger partial charge in [0, 0.05) is 13.6 Å². The lowest BCUT2D eigenvalue weighted by Gasteiger charge is -2.14. The maximum Gasteiger partial charge on any atom is 0.236 e. The lowest BCUT2D eigenvalue weighted by atomic mass is 10.1. The number of rotatable bonds is 7. The molecule has 0 aliphatic rings. The Morgan fingerprint density at radius 2 is 2.00 bits per heavy atom. The predicted octanol–water partition coefficient (Wildman–Crippen LogP) is 1.31. The fourth-order valence-corrected chi connectivity index (χ4v) is 1.53. The minimum Gasteiger partial charge on any atom is -0.497 e. The zero-order chi connectivity index (χ0) is 13.4. The second-order valence-electron chi connectivity index (χ2n) is 4.18. The third-order valence-electron chi connectivity index (χ3n) is 2.93. The minimum absolute atomic E-state index is 0.132. The number of hydrogen-bond acceptors (Lipinski definition) is 3. The second-order valence-corrected chi connectivity index (χ2v) is 4.18. The van der Waals surface area contributed by atoms with Crippen LogP contribution in [-0.2, 0) is 11.2 Å². The summed E-state index contributed by atoms with van der Waals surface area (Å²) in [5, 5.41) is 3.16. The summed E-state index contributed by atoms with van der Waals surface area (Å²) in [4.78, 5) is 13.2. The van der Waals surface area contributed by atoms with E-state index in [1.54, 1.807) is 12.0 Å². The molecule has 0 spiro atoms. The molecule has 100 valence electrons. The van der Waals surface area contributed by atoms with Crippen LogP contribution in [0.4, 0.5) is 0 Å². The lowest BCUT2D eigenvalue weighted by Crippen LogP contribution is -2.36. The smallest absolute Gasteiger partial charge is 0.236 e. The van der Waals surface area contributed by atoms with E-state index in [0.29, 0.717) is 6.54 Å². The highest BCUT2D eigenvalue weighted by Crippen LogP contribution is 2.11. The number of ether oxygens (including phenoxy) is 1. The molecule has 0 saturated heterocycles. The molecular formula is C14H22N2O2. The summed E-state index contributed by atoms with van der Waals surface area (Å²) in [6.45, 7) is 3.92. The molecule has 18 heavy (non-hydrogen) atoms. The largest absolute Gasteiger partial charge is 0.497 e. The van der Waals surface area contributed by atoms with E-state index < -0.39 is 0 Å². The molecule has 0 atom stereocenters. The molecule has 0 heterocycles. The Hall–Kier alpha value is -1.55. The van der Waals surface area contributed by atoms with Crippen LogP contribution in [0, 0.1) is 0 Å². The van der Waals surface area contributed by atoms with E-state index in [0.717, 1.165) is 25.3 Å². The Bertz CT molecular complexity index is 363. The standard InChI is InChI=1S/C14H22N2O2/c1-4-16(2)14(17)11-15-10-9-12-5-7-13(18-3)8-6-12/h5-8,15H,4,9-11H2,1-3H3. The summed E-state index contributed by atoms with van der Waals surface area (Å²) < 4.78 is 5.10. The first-order chi connectivity index (χ1) is 8.67. The van der Waals surface area contributed by atoms with Gasteiger partial charge >= 0.3 is 0 Å². The van der Waals surface area contributed by atoms with Gasteiger partial charge in [0.2, 0.25) is 5.91 Å². The van der Waals surface area contributed by atoms with Crippen LogP contribution in [0.25, 0.3) is 0 Å². The van der Waals surface area contributed by atoms with Crippen LogP contribution in [0.1, 0.15) is 12.5 Å². The molecular weight excluding hydrogens is 228 g/mol.